The third kappa shape index (κ3) is 3.92. The van der Waals surface area contributed by atoms with Crippen LogP contribution in [0.25, 0.3) is 32.6 Å². The van der Waals surface area contributed by atoms with Crippen LogP contribution in [0.2, 0.25) is 0 Å². The van der Waals surface area contributed by atoms with Crippen molar-refractivity contribution in [1.29, 1.82) is 0 Å². The highest BCUT2D eigenvalue weighted by molar-refractivity contribution is 7.93. The summed E-state index contributed by atoms with van der Waals surface area (Å²) in [7, 11) is 1.58. The lowest BCUT2D eigenvalue weighted by Gasteiger charge is -2.09. The lowest BCUT2D eigenvalue weighted by molar-refractivity contribution is 0.217. The number of fused-ring (bicyclic) bond motifs is 1. The van der Waals surface area contributed by atoms with Gasteiger partial charge in [0.15, 0.2) is 0 Å². The number of benzene rings is 1. The molecule has 148 valence electrons. The molecule has 0 amide bonds. The van der Waals surface area contributed by atoms with Gasteiger partial charge in [-0.2, -0.15) is 0 Å². The molecule has 0 fully saturated rings. The molecule has 8 heteroatoms. The number of rotatable bonds is 6. The van der Waals surface area contributed by atoms with Crippen molar-refractivity contribution in [3.05, 3.63) is 65.1 Å². The zero-order chi connectivity index (χ0) is 20.4. The Bertz CT molecular complexity index is 1180. The van der Waals surface area contributed by atoms with Gasteiger partial charge in [-0.05, 0) is 23.3 Å². The molecule has 3 heterocycles. The molecule has 29 heavy (non-hydrogen) atoms. The van der Waals surface area contributed by atoms with Crippen molar-refractivity contribution in [2.45, 2.75) is 4.21 Å². The number of pyridine rings is 2. The second kappa shape index (κ2) is 8.38. The topological polar surface area (TPSA) is 104 Å². The van der Waals surface area contributed by atoms with Crippen LogP contribution in [0, 0.1) is 0 Å². The Morgan fingerprint density at radius 3 is 2.69 bits per heavy atom. The van der Waals surface area contributed by atoms with E-state index in [4.69, 9.17) is 15.5 Å². The van der Waals surface area contributed by atoms with E-state index in [-0.39, 0.29) is 5.56 Å². The molecule has 0 aliphatic carbocycles. The first-order valence-electron chi connectivity index (χ1n) is 8.93. The van der Waals surface area contributed by atoms with Crippen molar-refractivity contribution in [2.75, 3.05) is 25.2 Å². The Kier molecular flexibility index (Phi) is 5.68. The van der Waals surface area contributed by atoms with Crippen molar-refractivity contribution in [2.24, 2.45) is 0 Å². The van der Waals surface area contributed by atoms with Crippen LogP contribution in [0.3, 0.4) is 0 Å². The van der Waals surface area contributed by atoms with Gasteiger partial charge in [-0.1, -0.05) is 41.7 Å². The molecule has 1 atom stereocenters. The van der Waals surface area contributed by atoms with Crippen molar-refractivity contribution >= 4 is 38.4 Å². The number of nitrogen functional groups attached to an aromatic ring is 1. The second-order valence-corrected chi connectivity index (χ2v) is 9.15. The maximum Gasteiger partial charge on any atom is 0.247 e. The van der Waals surface area contributed by atoms with Crippen LogP contribution in [0.1, 0.15) is 0 Å². The summed E-state index contributed by atoms with van der Waals surface area (Å²) < 4.78 is 18.4. The minimum absolute atomic E-state index is 0.172. The average molecular weight is 426 g/mol. The summed E-state index contributed by atoms with van der Waals surface area (Å²) >= 11 is 0.0741. The molecule has 0 aliphatic rings. The predicted molar refractivity (Wildman–Crippen MR) is 119 cm³/mol. The highest BCUT2D eigenvalue weighted by Gasteiger charge is 2.24. The van der Waals surface area contributed by atoms with Crippen LogP contribution >= 0.6 is 11.3 Å². The summed E-state index contributed by atoms with van der Waals surface area (Å²) in [6.07, 6.45) is 1.64. The Morgan fingerprint density at radius 1 is 1.21 bits per heavy atom. The molecule has 0 radical (unpaired) electrons. The van der Waals surface area contributed by atoms with Crippen LogP contribution in [-0.4, -0.2) is 34.0 Å². The molecule has 6 nitrogen and oxygen atoms in total. The summed E-state index contributed by atoms with van der Waals surface area (Å²) in [6, 6.07) is 15.0. The largest absolute Gasteiger partial charge is 0.611 e. The number of hydrogen-bond acceptors (Lipinski definition) is 6. The van der Waals surface area contributed by atoms with E-state index in [2.05, 4.69) is 4.98 Å². The Morgan fingerprint density at radius 2 is 2.00 bits per heavy atom. The number of nitrogens with one attached hydrogen (secondary N) is 1. The number of aromatic amines is 1. The molecule has 1 unspecified atom stereocenters. The van der Waals surface area contributed by atoms with Crippen molar-refractivity contribution in [1.82, 2.24) is 9.97 Å². The molecule has 1 aromatic carbocycles. The van der Waals surface area contributed by atoms with E-state index >= 15 is 0 Å². The minimum Gasteiger partial charge on any atom is -0.611 e. The van der Waals surface area contributed by atoms with Gasteiger partial charge < -0.3 is 20.0 Å². The van der Waals surface area contributed by atoms with E-state index in [0.717, 1.165) is 22.1 Å². The Balaban J connectivity index is 1.94. The first-order chi connectivity index (χ1) is 14.1. The van der Waals surface area contributed by atoms with Gasteiger partial charge >= 0.3 is 0 Å². The van der Waals surface area contributed by atoms with E-state index in [1.807, 2.05) is 36.4 Å². The van der Waals surface area contributed by atoms with Gasteiger partial charge in [0.05, 0.1) is 12.3 Å². The molecule has 0 saturated heterocycles. The molecule has 0 bridgehead atoms. The van der Waals surface area contributed by atoms with Crippen LogP contribution in [0.4, 0.5) is 5.69 Å². The van der Waals surface area contributed by atoms with Crippen LogP contribution < -0.4 is 11.3 Å². The molecule has 3 aromatic heterocycles. The monoisotopic (exact) mass is 425 g/mol. The van der Waals surface area contributed by atoms with E-state index in [1.165, 1.54) is 17.4 Å². The normalized spacial score (nSPS) is 12.3. The fourth-order valence-electron chi connectivity index (χ4n) is 3.08. The van der Waals surface area contributed by atoms with Gasteiger partial charge in [-0.25, -0.2) is 4.98 Å². The highest BCUT2D eigenvalue weighted by Crippen LogP contribution is 2.43. The number of ether oxygens (including phenoxy) is 1. The summed E-state index contributed by atoms with van der Waals surface area (Å²) in [5.74, 6) is 0.376. The zero-order valence-corrected chi connectivity index (χ0v) is 17.3. The van der Waals surface area contributed by atoms with Gasteiger partial charge in [0.1, 0.15) is 16.3 Å². The maximum absolute atomic E-state index is 12.7. The smallest absolute Gasteiger partial charge is 0.247 e. The number of anilines is 1. The zero-order valence-electron chi connectivity index (χ0n) is 15.7. The Labute approximate surface area is 174 Å². The van der Waals surface area contributed by atoms with Gasteiger partial charge in [0, 0.05) is 41.5 Å². The number of thiophene rings is 1. The van der Waals surface area contributed by atoms with Gasteiger partial charge in [0.25, 0.3) is 0 Å². The number of H-pyrrole nitrogens is 1. The average Bonchev–Trinajstić information content (AvgIpc) is 3.09. The SMILES string of the molecule is COCC[S+]([O-])c1sc2nc(-c3ccc(=O)[nH]c3)cc(-c3ccccc3)c2c1N. The third-order valence-corrected chi connectivity index (χ3v) is 7.38. The first kappa shape index (κ1) is 19.7. The maximum atomic E-state index is 12.7. The molecule has 4 rings (SSSR count). The fourth-order valence-corrected chi connectivity index (χ4v) is 5.65. The number of aromatic nitrogens is 2. The third-order valence-electron chi connectivity index (χ3n) is 4.51. The van der Waals surface area contributed by atoms with E-state index in [9.17, 15) is 9.35 Å². The molecule has 4 aromatic rings. The van der Waals surface area contributed by atoms with E-state index in [1.54, 1.807) is 19.4 Å². The number of methoxy groups -OCH3 is 1. The second-order valence-electron chi connectivity index (χ2n) is 6.39. The molecule has 0 aliphatic heterocycles. The van der Waals surface area contributed by atoms with Gasteiger partial charge in [-0.15, -0.1) is 0 Å². The summed E-state index contributed by atoms with van der Waals surface area (Å²) in [4.78, 5) is 19.6. The first-order valence-corrected chi connectivity index (χ1v) is 11.1. The summed E-state index contributed by atoms with van der Waals surface area (Å²) in [5.41, 5.74) is 10.2. The van der Waals surface area contributed by atoms with Crippen LogP contribution in [-0.2, 0) is 15.9 Å². The molecule has 3 N–H and O–H groups in total. The van der Waals surface area contributed by atoms with Crippen molar-refractivity contribution < 1.29 is 9.29 Å². The predicted octanol–water partition coefficient (Wildman–Crippen LogP) is 3.65. The van der Waals surface area contributed by atoms with E-state index < -0.39 is 11.2 Å². The quantitative estimate of drug-likeness (QED) is 0.459. The lowest BCUT2D eigenvalue weighted by Crippen LogP contribution is -2.11. The van der Waals surface area contributed by atoms with E-state index in [0.29, 0.717) is 32.8 Å². The van der Waals surface area contributed by atoms with Gasteiger partial charge in [0.2, 0.25) is 9.77 Å². The standard InChI is InChI=1S/C21H19N3O3S2/c1-27-9-10-29(26)21-19(22)18-15(13-5-3-2-4-6-13)11-16(24-20(18)28-21)14-7-8-17(25)23-12-14/h2-8,11-12H,9-10,22H2,1H3,(H,23,25). The van der Waals surface area contributed by atoms with Crippen molar-refractivity contribution in [3.8, 4) is 22.4 Å². The van der Waals surface area contributed by atoms with Crippen molar-refractivity contribution in [3.63, 3.8) is 0 Å². The van der Waals surface area contributed by atoms with Crippen LogP contribution in [0.15, 0.2) is 63.7 Å². The molecular weight excluding hydrogens is 406 g/mol. The number of hydrogen-bond donors (Lipinski definition) is 2. The molecule has 0 spiro atoms. The number of nitrogens with two attached hydrogens (primary N) is 1. The lowest BCUT2D eigenvalue weighted by atomic mass is 10.0. The highest BCUT2D eigenvalue weighted by atomic mass is 32.2. The molecular formula is C21H19N3O3S2. The fraction of sp³-hybridized carbons (Fsp3) is 0.143. The summed E-state index contributed by atoms with van der Waals surface area (Å²) in [5, 5.41) is 0.801. The number of nitrogens with zero attached hydrogens (tertiary/aromatic N) is 1. The van der Waals surface area contributed by atoms with Gasteiger partial charge in [-0.3, -0.25) is 4.79 Å². The van der Waals surface area contributed by atoms with Crippen LogP contribution in [0.5, 0.6) is 0 Å². The molecule has 0 saturated carbocycles. The Hall–Kier alpha value is -2.65. The summed E-state index contributed by atoms with van der Waals surface area (Å²) in [6.45, 7) is 0.391. The minimum atomic E-state index is -1.27.